The molecule has 2 saturated carbocycles. The molecule has 2 aliphatic heterocycles. The summed E-state index contributed by atoms with van der Waals surface area (Å²) in [5, 5.41) is 9.41. The van der Waals surface area contributed by atoms with E-state index in [4.69, 9.17) is 14.2 Å². The lowest BCUT2D eigenvalue weighted by molar-refractivity contribution is -0.160. The van der Waals surface area contributed by atoms with E-state index in [1.165, 1.54) is 0 Å². The average Bonchev–Trinajstić information content (AvgIpc) is 3.35. The number of hydrogen-bond acceptors (Lipinski definition) is 5. The first-order valence-corrected chi connectivity index (χ1v) is 8.56. The Morgan fingerprint density at radius 2 is 1.83 bits per heavy atom. The maximum atomic E-state index is 12.4. The Hall–Kier alpha value is -1.14. The van der Waals surface area contributed by atoms with E-state index >= 15 is 0 Å². The lowest BCUT2D eigenvalue weighted by Gasteiger charge is -2.28. The molecule has 2 saturated heterocycles. The van der Waals surface area contributed by atoms with E-state index in [-0.39, 0.29) is 23.3 Å². The van der Waals surface area contributed by atoms with Gasteiger partial charge in [0.2, 0.25) is 0 Å². The first kappa shape index (κ1) is 15.4. The number of carbonyl (C=O) groups excluding carboxylic acids is 1. The molecule has 4 aliphatic rings. The molecule has 0 aromatic carbocycles. The highest BCUT2D eigenvalue weighted by Gasteiger charge is 2.61. The molecule has 0 spiro atoms. The SMILES string of the molecule is CC12CCC(COC(=O)C3CC4OC4(C)CC3C(=O)O)CC1O2. The zero-order valence-corrected chi connectivity index (χ0v) is 13.6. The van der Waals surface area contributed by atoms with Gasteiger partial charge in [0.1, 0.15) is 0 Å². The van der Waals surface area contributed by atoms with Gasteiger partial charge in [-0.3, -0.25) is 9.59 Å². The second-order valence-electron chi connectivity index (χ2n) is 8.10. The second-order valence-corrected chi connectivity index (χ2v) is 8.10. The van der Waals surface area contributed by atoms with Gasteiger partial charge in [0.05, 0.1) is 41.9 Å². The van der Waals surface area contributed by atoms with Crippen molar-refractivity contribution in [1.82, 2.24) is 0 Å². The molecule has 0 aromatic heterocycles. The van der Waals surface area contributed by atoms with Crippen LogP contribution in [-0.4, -0.2) is 47.1 Å². The number of carboxylic acid groups (broad SMARTS) is 1. The minimum atomic E-state index is -0.929. The van der Waals surface area contributed by atoms with Crippen molar-refractivity contribution >= 4 is 11.9 Å². The van der Waals surface area contributed by atoms with Gasteiger partial charge < -0.3 is 19.3 Å². The summed E-state index contributed by atoms with van der Waals surface area (Å²) in [6.45, 7) is 4.43. The van der Waals surface area contributed by atoms with Crippen LogP contribution in [0.4, 0.5) is 0 Å². The smallest absolute Gasteiger partial charge is 0.309 e. The van der Waals surface area contributed by atoms with Crippen molar-refractivity contribution in [3.8, 4) is 0 Å². The van der Waals surface area contributed by atoms with Gasteiger partial charge in [-0.05, 0) is 51.9 Å². The summed E-state index contributed by atoms with van der Waals surface area (Å²) in [5.74, 6) is -2.26. The molecule has 6 nitrogen and oxygen atoms in total. The predicted octanol–water partition coefficient (Wildman–Crippen LogP) is 1.76. The van der Waals surface area contributed by atoms with Gasteiger partial charge in [-0.25, -0.2) is 0 Å². The summed E-state index contributed by atoms with van der Waals surface area (Å²) in [4.78, 5) is 23.9. The molecule has 2 heterocycles. The van der Waals surface area contributed by atoms with E-state index in [2.05, 4.69) is 6.92 Å². The quantitative estimate of drug-likeness (QED) is 0.626. The third kappa shape index (κ3) is 2.66. The summed E-state index contributed by atoms with van der Waals surface area (Å²) < 4.78 is 16.7. The lowest BCUT2D eigenvalue weighted by Crippen LogP contribution is -2.40. The monoisotopic (exact) mass is 324 g/mol. The molecule has 7 unspecified atom stereocenters. The van der Waals surface area contributed by atoms with Crippen LogP contribution in [0, 0.1) is 17.8 Å². The van der Waals surface area contributed by atoms with Crippen molar-refractivity contribution in [2.24, 2.45) is 17.8 Å². The van der Waals surface area contributed by atoms with Crippen LogP contribution in [0.1, 0.15) is 46.0 Å². The minimum absolute atomic E-state index is 0.00547. The fourth-order valence-electron chi connectivity index (χ4n) is 4.44. The molecule has 0 radical (unpaired) electrons. The number of epoxide rings is 2. The number of carbonyl (C=O) groups is 2. The van der Waals surface area contributed by atoms with Crippen molar-refractivity contribution in [2.45, 2.75) is 69.4 Å². The van der Waals surface area contributed by atoms with Gasteiger partial charge in [-0.1, -0.05) is 0 Å². The molecular formula is C17H24O6. The largest absolute Gasteiger partial charge is 0.481 e. The number of hydrogen-bond donors (Lipinski definition) is 1. The Morgan fingerprint density at radius 3 is 2.52 bits per heavy atom. The van der Waals surface area contributed by atoms with E-state index in [1.807, 2.05) is 6.92 Å². The molecule has 0 bridgehead atoms. The maximum Gasteiger partial charge on any atom is 0.309 e. The van der Waals surface area contributed by atoms with Gasteiger partial charge in [-0.15, -0.1) is 0 Å². The zero-order valence-electron chi connectivity index (χ0n) is 13.6. The third-order valence-corrected chi connectivity index (χ3v) is 6.33. The topological polar surface area (TPSA) is 88.7 Å². The Balaban J connectivity index is 1.32. The van der Waals surface area contributed by atoms with Crippen molar-refractivity contribution in [1.29, 1.82) is 0 Å². The number of aliphatic carboxylic acids is 1. The fraction of sp³-hybridized carbons (Fsp3) is 0.882. The van der Waals surface area contributed by atoms with E-state index in [0.717, 1.165) is 19.3 Å². The van der Waals surface area contributed by atoms with Crippen molar-refractivity contribution in [3.05, 3.63) is 0 Å². The third-order valence-electron chi connectivity index (χ3n) is 6.33. The van der Waals surface area contributed by atoms with Crippen LogP contribution >= 0.6 is 0 Å². The molecule has 0 aromatic rings. The highest BCUT2D eigenvalue weighted by atomic mass is 16.6. The summed E-state index contributed by atoms with van der Waals surface area (Å²) >= 11 is 0. The van der Waals surface area contributed by atoms with Crippen LogP contribution in [0.25, 0.3) is 0 Å². The molecule has 4 rings (SSSR count). The maximum absolute atomic E-state index is 12.4. The summed E-state index contributed by atoms with van der Waals surface area (Å²) in [6.07, 6.45) is 4.10. The number of ether oxygens (including phenoxy) is 3. The van der Waals surface area contributed by atoms with Crippen LogP contribution in [0.3, 0.4) is 0 Å². The first-order valence-electron chi connectivity index (χ1n) is 8.56. The van der Waals surface area contributed by atoms with Crippen molar-refractivity contribution in [3.63, 3.8) is 0 Å². The number of carboxylic acids is 1. The van der Waals surface area contributed by atoms with Crippen LogP contribution in [0.5, 0.6) is 0 Å². The number of rotatable bonds is 4. The van der Waals surface area contributed by atoms with Gasteiger partial charge in [0.15, 0.2) is 0 Å². The van der Waals surface area contributed by atoms with Gasteiger partial charge in [0.25, 0.3) is 0 Å². The zero-order chi connectivity index (χ0) is 16.4. The van der Waals surface area contributed by atoms with Gasteiger partial charge >= 0.3 is 11.9 Å². The summed E-state index contributed by atoms with van der Waals surface area (Å²) in [6, 6.07) is 0. The Labute approximate surface area is 135 Å². The van der Waals surface area contributed by atoms with E-state index in [0.29, 0.717) is 31.5 Å². The Kier molecular flexibility index (Phi) is 3.30. The Bertz CT molecular complexity index is 547. The van der Waals surface area contributed by atoms with Crippen LogP contribution in [0.2, 0.25) is 0 Å². The van der Waals surface area contributed by atoms with Crippen LogP contribution in [-0.2, 0) is 23.8 Å². The molecular weight excluding hydrogens is 300 g/mol. The number of fused-ring (bicyclic) bond motifs is 2. The normalized spacial score (nSPS) is 50.4. The van der Waals surface area contributed by atoms with Gasteiger partial charge in [0, 0.05) is 0 Å². The minimum Gasteiger partial charge on any atom is -0.481 e. The highest BCUT2D eigenvalue weighted by Crippen LogP contribution is 2.52. The lowest BCUT2D eigenvalue weighted by atomic mass is 9.74. The molecule has 23 heavy (non-hydrogen) atoms. The molecule has 128 valence electrons. The van der Waals surface area contributed by atoms with Crippen LogP contribution in [0.15, 0.2) is 0 Å². The molecule has 0 amide bonds. The summed E-state index contributed by atoms with van der Waals surface area (Å²) in [5.41, 5.74) is -0.289. The molecule has 4 fully saturated rings. The van der Waals surface area contributed by atoms with Crippen LogP contribution < -0.4 is 0 Å². The molecule has 1 N–H and O–H groups in total. The molecule has 7 atom stereocenters. The Morgan fingerprint density at radius 1 is 1.13 bits per heavy atom. The van der Waals surface area contributed by atoms with Crippen molar-refractivity contribution in [2.75, 3.05) is 6.61 Å². The molecule has 6 heteroatoms. The van der Waals surface area contributed by atoms with Gasteiger partial charge in [-0.2, -0.15) is 0 Å². The van der Waals surface area contributed by atoms with E-state index in [1.54, 1.807) is 0 Å². The van der Waals surface area contributed by atoms with Crippen molar-refractivity contribution < 1.29 is 28.9 Å². The standard InChI is InChI=1S/C17H24O6/c1-16-4-3-9(5-12(16)22-16)8-21-15(20)10-6-13-17(2,23-13)7-11(10)14(18)19/h9-13H,3-8H2,1-2H3,(H,18,19). The number of esters is 1. The van der Waals surface area contributed by atoms with E-state index in [9.17, 15) is 14.7 Å². The first-order chi connectivity index (χ1) is 10.8. The highest BCUT2D eigenvalue weighted by molar-refractivity contribution is 5.81. The predicted molar refractivity (Wildman–Crippen MR) is 78.7 cm³/mol. The fourth-order valence-corrected chi connectivity index (χ4v) is 4.44. The second kappa shape index (κ2) is 4.93. The summed E-state index contributed by atoms with van der Waals surface area (Å²) in [7, 11) is 0. The van der Waals surface area contributed by atoms with E-state index < -0.39 is 17.8 Å². The average molecular weight is 324 g/mol. The molecule has 2 aliphatic carbocycles.